The lowest BCUT2D eigenvalue weighted by Crippen LogP contribution is -2.37. The Bertz CT molecular complexity index is 1500. The maximum absolute atomic E-state index is 13.0. The summed E-state index contributed by atoms with van der Waals surface area (Å²) in [4.78, 5) is 37.0. The van der Waals surface area contributed by atoms with Crippen molar-refractivity contribution in [3.8, 4) is 11.6 Å². The van der Waals surface area contributed by atoms with Crippen molar-refractivity contribution < 1.29 is 19.1 Å². The van der Waals surface area contributed by atoms with E-state index < -0.39 is 11.7 Å². The standard InChI is InChI=1S/C28H30N6O4/c1-28(2,3)23-17-21(33(4)32-23)25(35)26(36)30-20-9-10-22(19-8-6-5-7-18(19)20)38-24-11-12-29-27(31-24)34-13-15-37-16-14-34/h5-12,17H,13-16H2,1-4H3,(H,30,36). The largest absolute Gasteiger partial charge is 0.438 e. The summed E-state index contributed by atoms with van der Waals surface area (Å²) in [6.45, 7) is 8.71. The summed E-state index contributed by atoms with van der Waals surface area (Å²) in [7, 11) is 1.66. The molecule has 0 aliphatic carbocycles. The second-order valence-corrected chi connectivity index (χ2v) is 10.1. The van der Waals surface area contributed by atoms with Gasteiger partial charge in [0.25, 0.3) is 11.7 Å². The Balaban J connectivity index is 1.38. The normalized spacial score (nSPS) is 13.9. The molecule has 2 aromatic carbocycles. The van der Waals surface area contributed by atoms with Crippen molar-refractivity contribution in [2.45, 2.75) is 26.2 Å². The number of ether oxygens (including phenoxy) is 2. The number of carbonyl (C=O) groups is 2. The number of fused-ring (bicyclic) bond motifs is 1. The fraction of sp³-hybridized carbons (Fsp3) is 0.321. The maximum atomic E-state index is 13.0. The van der Waals surface area contributed by atoms with Gasteiger partial charge in [0.1, 0.15) is 11.4 Å². The topological polar surface area (TPSA) is 111 Å². The molecule has 10 heteroatoms. The van der Waals surface area contributed by atoms with Gasteiger partial charge in [-0.25, -0.2) is 4.98 Å². The first-order chi connectivity index (χ1) is 18.2. The van der Waals surface area contributed by atoms with Crippen LogP contribution in [0.5, 0.6) is 11.6 Å². The van der Waals surface area contributed by atoms with Crippen LogP contribution in [-0.4, -0.2) is 57.7 Å². The first-order valence-corrected chi connectivity index (χ1v) is 12.5. The van der Waals surface area contributed by atoms with E-state index in [0.29, 0.717) is 36.5 Å². The fourth-order valence-electron chi connectivity index (χ4n) is 4.23. The highest BCUT2D eigenvalue weighted by molar-refractivity contribution is 6.46. The Labute approximate surface area is 220 Å². The van der Waals surface area contributed by atoms with Crippen LogP contribution >= 0.6 is 0 Å². The number of Topliss-reactive ketones (excluding diaryl/α,β-unsaturated/α-hetero) is 1. The number of anilines is 2. The minimum atomic E-state index is -0.738. The first-order valence-electron chi connectivity index (χ1n) is 12.5. The number of aryl methyl sites for hydroxylation is 1. The van der Waals surface area contributed by atoms with Crippen molar-refractivity contribution in [2.75, 3.05) is 36.5 Å². The van der Waals surface area contributed by atoms with Gasteiger partial charge in [-0.3, -0.25) is 14.3 Å². The second kappa shape index (κ2) is 10.2. The Morgan fingerprint density at radius 2 is 1.76 bits per heavy atom. The van der Waals surface area contributed by atoms with Crippen molar-refractivity contribution >= 4 is 34.1 Å². The maximum Gasteiger partial charge on any atom is 0.298 e. The number of amides is 1. The molecule has 1 saturated heterocycles. The van der Waals surface area contributed by atoms with Gasteiger partial charge in [0.2, 0.25) is 11.8 Å². The predicted octanol–water partition coefficient (Wildman–Crippen LogP) is 4.11. The minimum absolute atomic E-state index is 0.233. The Morgan fingerprint density at radius 1 is 1.03 bits per heavy atom. The summed E-state index contributed by atoms with van der Waals surface area (Å²) in [6, 6.07) is 14.3. The van der Waals surface area contributed by atoms with Crippen LogP contribution in [0.1, 0.15) is 37.0 Å². The van der Waals surface area contributed by atoms with Gasteiger partial charge in [-0.05, 0) is 18.2 Å². The number of ketones is 1. The molecule has 0 spiro atoms. The van der Waals surface area contributed by atoms with Crippen LogP contribution in [0.3, 0.4) is 0 Å². The van der Waals surface area contributed by atoms with E-state index in [4.69, 9.17) is 9.47 Å². The van der Waals surface area contributed by atoms with Crippen molar-refractivity contribution in [3.05, 3.63) is 66.1 Å². The average molecular weight is 515 g/mol. The van der Waals surface area contributed by atoms with Gasteiger partial charge in [-0.15, -0.1) is 0 Å². The van der Waals surface area contributed by atoms with Crippen LogP contribution in [-0.2, 0) is 22.0 Å². The third-order valence-corrected chi connectivity index (χ3v) is 6.35. The molecule has 0 saturated carbocycles. The molecule has 1 aliphatic heterocycles. The molecule has 2 aromatic heterocycles. The number of benzene rings is 2. The SMILES string of the molecule is Cn1nc(C(C)(C)C)cc1C(=O)C(=O)Nc1ccc(Oc2ccnc(N3CCOCC3)n2)c2ccccc12. The molecule has 0 radical (unpaired) electrons. The Morgan fingerprint density at radius 3 is 2.47 bits per heavy atom. The molecule has 1 fully saturated rings. The van der Waals surface area contributed by atoms with Crippen LogP contribution in [0.4, 0.5) is 11.6 Å². The monoisotopic (exact) mass is 514 g/mol. The number of morpholine rings is 1. The molecule has 0 unspecified atom stereocenters. The molecule has 1 amide bonds. The van der Waals surface area contributed by atoms with E-state index in [-0.39, 0.29) is 11.1 Å². The lowest BCUT2D eigenvalue weighted by molar-refractivity contribution is -0.112. The molecule has 196 valence electrons. The zero-order valence-electron chi connectivity index (χ0n) is 21.9. The smallest absolute Gasteiger partial charge is 0.298 e. The molecule has 38 heavy (non-hydrogen) atoms. The summed E-state index contributed by atoms with van der Waals surface area (Å²) in [6.07, 6.45) is 1.67. The van der Waals surface area contributed by atoms with Crippen LogP contribution in [0.2, 0.25) is 0 Å². The van der Waals surface area contributed by atoms with E-state index in [9.17, 15) is 9.59 Å². The summed E-state index contributed by atoms with van der Waals surface area (Å²) >= 11 is 0. The predicted molar refractivity (Wildman–Crippen MR) is 144 cm³/mol. The van der Waals surface area contributed by atoms with Crippen molar-refractivity contribution in [3.63, 3.8) is 0 Å². The third-order valence-electron chi connectivity index (χ3n) is 6.35. The molecular formula is C28H30N6O4. The van der Waals surface area contributed by atoms with Gasteiger partial charge in [0.05, 0.1) is 18.9 Å². The molecule has 3 heterocycles. The number of hydrogen-bond donors (Lipinski definition) is 1. The van der Waals surface area contributed by atoms with Gasteiger partial charge < -0.3 is 19.7 Å². The highest BCUT2D eigenvalue weighted by Crippen LogP contribution is 2.34. The van der Waals surface area contributed by atoms with E-state index in [1.165, 1.54) is 4.68 Å². The zero-order chi connectivity index (χ0) is 26.9. The van der Waals surface area contributed by atoms with Crippen molar-refractivity contribution in [2.24, 2.45) is 7.05 Å². The highest BCUT2D eigenvalue weighted by atomic mass is 16.5. The molecule has 0 atom stereocenters. The van der Waals surface area contributed by atoms with Crippen molar-refractivity contribution in [1.82, 2.24) is 19.7 Å². The molecule has 0 bridgehead atoms. The molecule has 1 aliphatic rings. The summed E-state index contributed by atoms with van der Waals surface area (Å²) in [5.74, 6) is 0.166. The quantitative estimate of drug-likeness (QED) is 0.302. The van der Waals surface area contributed by atoms with Crippen LogP contribution in [0, 0.1) is 0 Å². The number of nitrogens with one attached hydrogen (secondary N) is 1. The van der Waals surface area contributed by atoms with E-state index >= 15 is 0 Å². The lowest BCUT2D eigenvalue weighted by Gasteiger charge is -2.26. The van der Waals surface area contributed by atoms with E-state index in [1.807, 2.05) is 45.0 Å². The molecule has 10 nitrogen and oxygen atoms in total. The summed E-state index contributed by atoms with van der Waals surface area (Å²) < 4.78 is 13.0. The number of hydrogen-bond acceptors (Lipinski definition) is 8. The fourth-order valence-corrected chi connectivity index (χ4v) is 4.23. The molecule has 5 rings (SSSR count). The minimum Gasteiger partial charge on any atom is -0.438 e. The zero-order valence-corrected chi connectivity index (χ0v) is 21.9. The molecule has 1 N–H and O–H groups in total. The van der Waals surface area contributed by atoms with Crippen LogP contribution in [0.25, 0.3) is 10.8 Å². The average Bonchev–Trinajstić information content (AvgIpc) is 3.32. The van der Waals surface area contributed by atoms with E-state index in [2.05, 4.69) is 25.3 Å². The molecule has 4 aromatic rings. The Kier molecular flexibility index (Phi) is 6.81. The van der Waals surface area contributed by atoms with Gasteiger partial charge in [-0.1, -0.05) is 45.0 Å². The summed E-state index contributed by atoms with van der Waals surface area (Å²) in [5, 5.41) is 8.68. The number of rotatable bonds is 6. The van der Waals surface area contributed by atoms with Gasteiger partial charge in [0, 0.05) is 54.3 Å². The third kappa shape index (κ3) is 5.21. The van der Waals surface area contributed by atoms with Crippen molar-refractivity contribution in [1.29, 1.82) is 0 Å². The van der Waals surface area contributed by atoms with Crippen LogP contribution in [0.15, 0.2) is 54.7 Å². The first kappa shape index (κ1) is 25.3. The second-order valence-electron chi connectivity index (χ2n) is 10.1. The van der Waals surface area contributed by atoms with Gasteiger partial charge in [0.15, 0.2) is 0 Å². The van der Waals surface area contributed by atoms with Gasteiger partial charge in [-0.2, -0.15) is 10.1 Å². The number of nitrogens with zero attached hydrogens (tertiary/aromatic N) is 5. The number of carbonyl (C=O) groups excluding carboxylic acids is 2. The lowest BCUT2D eigenvalue weighted by atomic mass is 9.92. The Hall–Kier alpha value is -4.31. The molecular weight excluding hydrogens is 484 g/mol. The van der Waals surface area contributed by atoms with Crippen LogP contribution < -0.4 is 15.0 Å². The van der Waals surface area contributed by atoms with E-state index in [1.54, 1.807) is 37.5 Å². The van der Waals surface area contributed by atoms with E-state index in [0.717, 1.165) is 29.6 Å². The highest BCUT2D eigenvalue weighted by Gasteiger charge is 2.26. The summed E-state index contributed by atoms with van der Waals surface area (Å²) in [5.41, 5.74) is 1.23. The van der Waals surface area contributed by atoms with Gasteiger partial charge >= 0.3 is 0 Å². The number of aromatic nitrogens is 4.